The SMILES string of the molecule is CCCOC(=O)C(CC)(CC)C(=O)Oc1ccc(-c2ccccc2)cc1. The molecule has 0 spiro atoms. The lowest BCUT2D eigenvalue weighted by molar-refractivity contribution is -0.168. The Morgan fingerprint density at radius 2 is 1.38 bits per heavy atom. The topological polar surface area (TPSA) is 52.6 Å². The first-order valence-corrected chi connectivity index (χ1v) is 9.12. The zero-order chi connectivity index (χ0) is 19.0. The van der Waals surface area contributed by atoms with Crippen molar-refractivity contribution in [2.24, 2.45) is 5.41 Å². The molecule has 0 aliphatic carbocycles. The highest BCUT2D eigenvalue weighted by molar-refractivity contribution is 6.00. The molecule has 0 unspecified atom stereocenters. The van der Waals surface area contributed by atoms with Crippen molar-refractivity contribution in [2.75, 3.05) is 6.61 Å². The van der Waals surface area contributed by atoms with Gasteiger partial charge in [0.25, 0.3) is 0 Å². The van der Waals surface area contributed by atoms with Crippen molar-refractivity contribution < 1.29 is 19.1 Å². The van der Waals surface area contributed by atoms with Crippen molar-refractivity contribution in [3.63, 3.8) is 0 Å². The first-order valence-electron chi connectivity index (χ1n) is 9.12. The molecule has 0 N–H and O–H groups in total. The van der Waals surface area contributed by atoms with Gasteiger partial charge in [0.05, 0.1) is 6.61 Å². The van der Waals surface area contributed by atoms with E-state index in [4.69, 9.17) is 9.47 Å². The number of ether oxygens (including phenoxy) is 2. The number of esters is 2. The minimum Gasteiger partial charge on any atom is -0.465 e. The number of carbonyl (C=O) groups is 2. The third-order valence-electron chi connectivity index (χ3n) is 4.60. The van der Waals surface area contributed by atoms with Gasteiger partial charge in [-0.2, -0.15) is 0 Å². The minimum absolute atomic E-state index is 0.305. The largest absolute Gasteiger partial charge is 0.465 e. The van der Waals surface area contributed by atoms with Crippen molar-refractivity contribution >= 4 is 11.9 Å². The van der Waals surface area contributed by atoms with Gasteiger partial charge in [-0.25, -0.2) is 0 Å². The van der Waals surface area contributed by atoms with Crippen molar-refractivity contribution in [2.45, 2.75) is 40.0 Å². The van der Waals surface area contributed by atoms with Crippen LogP contribution in [0.2, 0.25) is 0 Å². The van der Waals surface area contributed by atoms with Crippen LogP contribution in [0.4, 0.5) is 0 Å². The summed E-state index contributed by atoms with van der Waals surface area (Å²) in [5, 5.41) is 0. The third-order valence-corrected chi connectivity index (χ3v) is 4.60. The van der Waals surface area contributed by atoms with Gasteiger partial charge in [0.15, 0.2) is 5.41 Å². The molecule has 0 radical (unpaired) electrons. The van der Waals surface area contributed by atoms with Gasteiger partial charge < -0.3 is 9.47 Å². The number of rotatable bonds is 8. The van der Waals surface area contributed by atoms with Crippen LogP contribution < -0.4 is 4.74 Å². The highest BCUT2D eigenvalue weighted by Gasteiger charge is 2.46. The summed E-state index contributed by atoms with van der Waals surface area (Å²) >= 11 is 0. The van der Waals surface area contributed by atoms with E-state index >= 15 is 0 Å². The fraction of sp³-hybridized carbons (Fsp3) is 0.364. The van der Waals surface area contributed by atoms with Crippen molar-refractivity contribution in [1.82, 2.24) is 0 Å². The van der Waals surface area contributed by atoms with E-state index in [-0.39, 0.29) is 0 Å². The van der Waals surface area contributed by atoms with Crippen LogP contribution in [0, 0.1) is 5.41 Å². The summed E-state index contributed by atoms with van der Waals surface area (Å²) in [5.41, 5.74) is 0.864. The van der Waals surface area contributed by atoms with E-state index in [2.05, 4.69) is 0 Å². The molecule has 4 heteroatoms. The van der Waals surface area contributed by atoms with E-state index in [1.54, 1.807) is 26.0 Å². The van der Waals surface area contributed by atoms with Gasteiger partial charge in [-0.1, -0.05) is 63.2 Å². The molecule has 26 heavy (non-hydrogen) atoms. The summed E-state index contributed by atoms with van der Waals surface area (Å²) in [4.78, 5) is 25.2. The maximum Gasteiger partial charge on any atom is 0.328 e. The van der Waals surface area contributed by atoms with Gasteiger partial charge in [0.2, 0.25) is 0 Å². The van der Waals surface area contributed by atoms with E-state index in [1.165, 1.54) is 0 Å². The zero-order valence-corrected chi connectivity index (χ0v) is 15.7. The van der Waals surface area contributed by atoms with E-state index < -0.39 is 17.4 Å². The summed E-state index contributed by atoms with van der Waals surface area (Å²) in [6.45, 7) is 5.83. The predicted octanol–water partition coefficient (Wildman–Crippen LogP) is 5.02. The van der Waals surface area contributed by atoms with Crippen LogP contribution in [-0.4, -0.2) is 18.5 Å². The molecule has 0 aromatic heterocycles. The number of hydrogen-bond acceptors (Lipinski definition) is 4. The molecule has 2 aromatic carbocycles. The summed E-state index contributed by atoms with van der Waals surface area (Å²) in [7, 11) is 0. The second-order valence-electron chi connectivity index (χ2n) is 6.21. The Kier molecular flexibility index (Phi) is 6.96. The minimum atomic E-state index is -1.26. The Morgan fingerprint density at radius 3 is 1.92 bits per heavy atom. The van der Waals surface area contributed by atoms with Crippen molar-refractivity contribution in [3.8, 4) is 16.9 Å². The Hall–Kier alpha value is -2.62. The zero-order valence-electron chi connectivity index (χ0n) is 15.7. The molecule has 0 fully saturated rings. The van der Waals surface area contributed by atoms with E-state index in [1.807, 2.05) is 49.4 Å². The Balaban J connectivity index is 2.15. The van der Waals surface area contributed by atoms with Gasteiger partial charge >= 0.3 is 11.9 Å². The number of carbonyl (C=O) groups excluding carboxylic acids is 2. The Morgan fingerprint density at radius 1 is 0.808 bits per heavy atom. The molecule has 2 aromatic rings. The monoisotopic (exact) mass is 354 g/mol. The Labute approximate surface area is 155 Å². The first kappa shape index (κ1) is 19.7. The van der Waals surface area contributed by atoms with Crippen LogP contribution in [0.15, 0.2) is 54.6 Å². The normalized spacial score (nSPS) is 11.0. The summed E-state index contributed by atoms with van der Waals surface area (Å²) in [6, 6.07) is 17.2. The van der Waals surface area contributed by atoms with Crippen LogP contribution in [0.25, 0.3) is 11.1 Å². The maximum absolute atomic E-state index is 12.7. The molecule has 0 atom stereocenters. The molecule has 0 bridgehead atoms. The van der Waals surface area contributed by atoms with Gasteiger partial charge in [0, 0.05) is 0 Å². The molecule has 0 saturated heterocycles. The summed E-state index contributed by atoms with van der Waals surface area (Å²) in [6.07, 6.45) is 1.39. The van der Waals surface area contributed by atoms with E-state index in [0.717, 1.165) is 11.1 Å². The smallest absolute Gasteiger partial charge is 0.328 e. The van der Waals surface area contributed by atoms with Crippen LogP contribution in [0.5, 0.6) is 5.75 Å². The maximum atomic E-state index is 12.7. The lowest BCUT2D eigenvalue weighted by atomic mass is 9.82. The molecule has 0 heterocycles. The highest BCUT2D eigenvalue weighted by Crippen LogP contribution is 2.31. The summed E-state index contributed by atoms with van der Waals surface area (Å²) in [5.74, 6) is -0.643. The lowest BCUT2D eigenvalue weighted by Gasteiger charge is -2.26. The van der Waals surface area contributed by atoms with Crippen LogP contribution in [-0.2, 0) is 14.3 Å². The molecule has 0 amide bonds. The van der Waals surface area contributed by atoms with Crippen molar-refractivity contribution in [1.29, 1.82) is 0 Å². The fourth-order valence-electron chi connectivity index (χ4n) is 2.79. The second-order valence-corrected chi connectivity index (χ2v) is 6.21. The highest BCUT2D eigenvalue weighted by atomic mass is 16.6. The molecule has 2 rings (SSSR count). The fourth-order valence-corrected chi connectivity index (χ4v) is 2.79. The van der Waals surface area contributed by atoms with Gasteiger partial charge in [-0.15, -0.1) is 0 Å². The van der Waals surface area contributed by atoms with Crippen LogP contribution in [0.1, 0.15) is 40.0 Å². The van der Waals surface area contributed by atoms with E-state index in [9.17, 15) is 9.59 Å². The average molecular weight is 354 g/mol. The molecule has 4 nitrogen and oxygen atoms in total. The lowest BCUT2D eigenvalue weighted by Crippen LogP contribution is -2.42. The summed E-state index contributed by atoms with van der Waals surface area (Å²) < 4.78 is 10.7. The molecule has 0 aliphatic heterocycles. The average Bonchev–Trinajstić information content (AvgIpc) is 2.69. The molecular weight excluding hydrogens is 328 g/mol. The second kappa shape index (κ2) is 9.18. The quantitative estimate of drug-likeness (QED) is 0.379. The van der Waals surface area contributed by atoms with E-state index in [0.29, 0.717) is 31.6 Å². The number of hydrogen-bond donors (Lipinski definition) is 0. The van der Waals surface area contributed by atoms with Gasteiger partial charge in [-0.3, -0.25) is 9.59 Å². The standard InChI is InChI=1S/C22H26O4/c1-4-16-25-20(23)22(5-2,6-3)21(24)26-19-14-12-18(13-15-19)17-10-8-7-9-11-17/h7-15H,4-6,16H2,1-3H3. The third kappa shape index (κ3) is 4.31. The number of benzene rings is 2. The molecular formula is C22H26O4. The molecule has 0 saturated carbocycles. The molecule has 138 valence electrons. The van der Waals surface area contributed by atoms with Crippen LogP contribution >= 0.6 is 0 Å². The first-order chi connectivity index (χ1) is 12.6. The van der Waals surface area contributed by atoms with Crippen LogP contribution in [0.3, 0.4) is 0 Å². The van der Waals surface area contributed by atoms with Crippen molar-refractivity contribution in [3.05, 3.63) is 54.6 Å². The predicted molar refractivity (Wildman–Crippen MR) is 102 cm³/mol. The van der Waals surface area contributed by atoms with Gasteiger partial charge in [-0.05, 0) is 42.5 Å². The molecule has 0 aliphatic rings. The Bertz CT molecular complexity index is 716. The van der Waals surface area contributed by atoms with Gasteiger partial charge in [0.1, 0.15) is 5.75 Å².